The highest BCUT2D eigenvalue weighted by atomic mass is 16.5. The molecule has 1 aromatic carbocycles. The maximum atomic E-state index is 12.5. The third kappa shape index (κ3) is 4.26. The average Bonchev–Trinajstić information content (AvgIpc) is 3.51. The van der Waals surface area contributed by atoms with Crippen LogP contribution in [-0.4, -0.2) is 28.7 Å². The van der Waals surface area contributed by atoms with E-state index in [2.05, 4.69) is 5.32 Å². The molecule has 27 heavy (non-hydrogen) atoms. The summed E-state index contributed by atoms with van der Waals surface area (Å²) >= 11 is 0. The minimum atomic E-state index is -0.732. The van der Waals surface area contributed by atoms with Gasteiger partial charge >= 0.3 is 5.69 Å². The van der Waals surface area contributed by atoms with Crippen molar-refractivity contribution >= 4 is 5.91 Å². The molecule has 8 nitrogen and oxygen atoms in total. The van der Waals surface area contributed by atoms with E-state index in [4.69, 9.17) is 10.00 Å². The molecule has 3 rings (SSSR count). The van der Waals surface area contributed by atoms with Crippen molar-refractivity contribution in [1.29, 1.82) is 5.26 Å². The van der Waals surface area contributed by atoms with E-state index < -0.39 is 23.7 Å². The van der Waals surface area contributed by atoms with Crippen molar-refractivity contribution in [2.75, 3.05) is 13.7 Å². The van der Waals surface area contributed by atoms with Crippen molar-refractivity contribution in [1.82, 2.24) is 14.5 Å². The lowest BCUT2D eigenvalue weighted by Crippen LogP contribution is -2.44. The Labute approximate surface area is 155 Å². The molecule has 0 spiro atoms. The highest BCUT2D eigenvalue weighted by Gasteiger charge is 2.27. The number of methoxy groups -OCH3 is 1. The largest absolute Gasteiger partial charge is 0.497 e. The predicted octanol–water partition coefficient (Wildman–Crippen LogP) is 0.584. The molecule has 1 saturated carbocycles. The summed E-state index contributed by atoms with van der Waals surface area (Å²) in [4.78, 5) is 36.9. The van der Waals surface area contributed by atoms with E-state index in [1.807, 2.05) is 24.3 Å². The number of amides is 1. The molecule has 0 unspecified atom stereocenters. The van der Waals surface area contributed by atoms with Gasteiger partial charge in [-0.15, -0.1) is 0 Å². The number of carbonyl (C=O) groups excluding carboxylic acids is 1. The van der Waals surface area contributed by atoms with Gasteiger partial charge in [0, 0.05) is 18.8 Å². The fraction of sp³-hybridized carbons (Fsp3) is 0.368. The van der Waals surface area contributed by atoms with Crippen LogP contribution in [0.1, 0.15) is 30.0 Å². The zero-order valence-electron chi connectivity index (χ0n) is 15.0. The summed E-state index contributed by atoms with van der Waals surface area (Å²) in [5.41, 5.74) is -0.389. The number of nitrogens with one attached hydrogen (secondary N) is 1. The highest BCUT2D eigenvalue weighted by molar-refractivity contribution is 5.75. The van der Waals surface area contributed by atoms with Crippen LogP contribution in [0, 0.1) is 11.3 Å². The highest BCUT2D eigenvalue weighted by Crippen LogP contribution is 2.33. The molecule has 1 fully saturated rings. The van der Waals surface area contributed by atoms with Gasteiger partial charge < -0.3 is 10.1 Å². The van der Waals surface area contributed by atoms with Crippen molar-refractivity contribution in [3.05, 3.63) is 62.4 Å². The van der Waals surface area contributed by atoms with Crippen LogP contribution in [0.2, 0.25) is 0 Å². The van der Waals surface area contributed by atoms with E-state index in [0.717, 1.165) is 28.7 Å². The SMILES string of the molecule is COc1ccc(CCNC(=O)Cn2c(=O)c(C#N)cn(C3CC3)c2=O)cc1. The van der Waals surface area contributed by atoms with Gasteiger partial charge in [-0.3, -0.25) is 14.2 Å². The summed E-state index contributed by atoms with van der Waals surface area (Å²) in [6.45, 7) is -0.0306. The Kier molecular flexibility index (Phi) is 5.41. The number of ether oxygens (including phenoxy) is 1. The minimum absolute atomic E-state index is 0.00887. The molecule has 0 saturated heterocycles. The van der Waals surface area contributed by atoms with Crippen molar-refractivity contribution in [2.24, 2.45) is 0 Å². The van der Waals surface area contributed by atoms with Gasteiger partial charge in [0.2, 0.25) is 5.91 Å². The molecule has 1 aromatic heterocycles. The minimum Gasteiger partial charge on any atom is -0.497 e. The summed E-state index contributed by atoms with van der Waals surface area (Å²) in [6, 6.07) is 9.29. The Balaban J connectivity index is 1.65. The first kappa shape index (κ1) is 18.5. The average molecular weight is 368 g/mol. The Bertz CT molecular complexity index is 994. The van der Waals surface area contributed by atoms with E-state index in [0.29, 0.717) is 13.0 Å². The van der Waals surface area contributed by atoms with Crippen molar-refractivity contribution in [2.45, 2.75) is 31.8 Å². The van der Waals surface area contributed by atoms with Gasteiger partial charge in [0.05, 0.1) is 7.11 Å². The molecule has 2 aromatic rings. The molecular formula is C19H20N4O4. The number of hydrogen-bond acceptors (Lipinski definition) is 5. The molecule has 1 aliphatic carbocycles. The van der Waals surface area contributed by atoms with Crippen molar-refractivity contribution < 1.29 is 9.53 Å². The van der Waals surface area contributed by atoms with Crippen LogP contribution in [0.3, 0.4) is 0 Å². The van der Waals surface area contributed by atoms with Gasteiger partial charge in [0.15, 0.2) is 0 Å². The number of hydrogen-bond donors (Lipinski definition) is 1. The molecule has 0 bridgehead atoms. The monoisotopic (exact) mass is 368 g/mol. The van der Waals surface area contributed by atoms with E-state index in [9.17, 15) is 14.4 Å². The number of nitrogens with zero attached hydrogens (tertiary/aromatic N) is 3. The lowest BCUT2D eigenvalue weighted by molar-refractivity contribution is -0.121. The number of carbonyl (C=O) groups is 1. The third-order valence-electron chi connectivity index (χ3n) is 4.45. The maximum Gasteiger partial charge on any atom is 0.331 e. The molecule has 1 N–H and O–H groups in total. The number of aromatic nitrogens is 2. The van der Waals surface area contributed by atoms with Gasteiger partial charge in [-0.1, -0.05) is 12.1 Å². The van der Waals surface area contributed by atoms with Gasteiger partial charge in [0.25, 0.3) is 5.56 Å². The van der Waals surface area contributed by atoms with Crippen LogP contribution in [0.5, 0.6) is 5.75 Å². The summed E-state index contributed by atoms with van der Waals surface area (Å²) in [7, 11) is 1.59. The fourth-order valence-electron chi connectivity index (χ4n) is 2.79. The first-order valence-corrected chi connectivity index (χ1v) is 8.69. The fourth-order valence-corrected chi connectivity index (χ4v) is 2.79. The zero-order valence-corrected chi connectivity index (χ0v) is 15.0. The summed E-state index contributed by atoms with van der Waals surface area (Å²) in [5.74, 6) is 0.312. The summed E-state index contributed by atoms with van der Waals surface area (Å²) in [6.07, 6.45) is 3.56. The standard InChI is InChI=1S/C19H20N4O4/c1-27-16-6-2-13(3-7-16)8-9-21-17(24)12-23-18(25)14(10-20)11-22(19(23)26)15-4-5-15/h2-3,6-7,11,15H,4-5,8-9,12H2,1H3,(H,21,24). The zero-order chi connectivity index (χ0) is 19.4. The Hall–Kier alpha value is -3.34. The topological polar surface area (TPSA) is 106 Å². The van der Waals surface area contributed by atoms with Gasteiger partial charge in [-0.05, 0) is 37.0 Å². The molecule has 0 radical (unpaired) electrons. The molecule has 1 heterocycles. The van der Waals surface area contributed by atoms with Crippen LogP contribution in [0.4, 0.5) is 0 Å². The first-order chi connectivity index (χ1) is 13.0. The lowest BCUT2D eigenvalue weighted by atomic mass is 10.1. The normalized spacial score (nSPS) is 13.0. The quantitative estimate of drug-likeness (QED) is 0.770. The van der Waals surface area contributed by atoms with Crippen LogP contribution in [0.25, 0.3) is 0 Å². The third-order valence-corrected chi connectivity index (χ3v) is 4.45. The molecule has 1 amide bonds. The van der Waals surface area contributed by atoms with E-state index in [-0.39, 0.29) is 11.6 Å². The van der Waals surface area contributed by atoms with E-state index in [1.165, 1.54) is 10.8 Å². The second-order valence-electron chi connectivity index (χ2n) is 6.41. The van der Waals surface area contributed by atoms with Crippen LogP contribution in [0.15, 0.2) is 40.1 Å². The smallest absolute Gasteiger partial charge is 0.331 e. The summed E-state index contributed by atoms with van der Waals surface area (Å²) in [5, 5.41) is 11.8. The molecule has 0 atom stereocenters. The Morgan fingerprint density at radius 2 is 2.00 bits per heavy atom. The second-order valence-corrected chi connectivity index (χ2v) is 6.41. The Morgan fingerprint density at radius 1 is 1.30 bits per heavy atom. The molecule has 1 aliphatic rings. The van der Waals surface area contributed by atoms with Gasteiger partial charge in [-0.2, -0.15) is 5.26 Å². The molecule has 8 heteroatoms. The van der Waals surface area contributed by atoms with Crippen molar-refractivity contribution in [3.8, 4) is 11.8 Å². The van der Waals surface area contributed by atoms with Gasteiger partial charge in [-0.25, -0.2) is 9.36 Å². The predicted molar refractivity (Wildman–Crippen MR) is 97.7 cm³/mol. The molecular weight excluding hydrogens is 348 g/mol. The Morgan fingerprint density at radius 3 is 2.59 bits per heavy atom. The van der Waals surface area contributed by atoms with Gasteiger partial charge in [0.1, 0.15) is 23.9 Å². The number of benzene rings is 1. The van der Waals surface area contributed by atoms with Crippen LogP contribution in [-0.2, 0) is 17.8 Å². The summed E-state index contributed by atoms with van der Waals surface area (Å²) < 4.78 is 7.31. The van der Waals surface area contributed by atoms with E-state index >= 15 is 0 Å². The van der Waals surface area contributed by atoms with Crippen molar-refractivity contribution in [3.63, 3.8) is 0 Å². The first-order valence-electron chi connectivity index (χ1n) is 8.69. The lowest BCUT2D eigenvalue weighted by Gasteiger charge is -2.11. The number of nitriles is 1. The molecule has 140 valence electrons. The van der Waals surface area contributed by atoms with Crippen LogP contribution >= 0.6 is 0 Å². The maximum absolute atomic E-state index is 12.5. The van der Waals surface area contributed by atoms with Crippen LogP contribution < -0.4 is 21.3 Å². The second kappa shape index (κ2) is 7.91. The van der Waals surface area contributed by atoms with E-state index in [1.54, 1.807) is 13.2 Å². The molecule has 0 aliphatic heterocycles. The number of rotatable bonds is 7.